The molecule has 0 aliphatic heterocycles. The second kappa shape index (κ2) is 6.65. The van der Waals surface area contributed by atoms with Crippen LogP contribution in [0.3, 0.4) is 0 Å². The fourth-order valence-corrected chi connectivity index (χ4v) is 3.25. The number of nitrogens with zero attached hydrogens (tertiary/aromatic N) is 1. The van der Waals surface area contributed by atoms with Crippen LogP contribution in [0.4, 0.5) is 0 Å². The predicted octanol–water partition coefficient (Wildman–Crippen LogP) is 1.81. The van der Waals surface area contributed by atoms with Crippen molar-refractivity contribution in [3.8, 4) is 0 Å². The van der Waals surface area contributed by atoms with Crippen LogP contribution < -0.4 is 4.72 Å². The summed E-state index contributed by atoms with van der Waals surface area (Å²) in [5.41, 5.74) is -0.443. The van der Waals surface area contributed by atoms with E-state index in [9.17, 15) is 13.5 Å². The van der Waals surface area contributed by atoms with Crippen LogP contribution in [0, 0.1) is 5.41 Å². The third-order valence-corrected chi connectivity index (χ3v) is 5.37. The molecule has 1 aromatic heterocycles. The van der Waals surface area contributed by atoms with Gasteiger partial charge in [-0.25, -0.2) is 13.1 Å². The molecule has 1 rings (SSSR count). The topological polar surface area (TPSA) is 79.3 Å². The van der Waals surface area contributed by atoms with E-state index in [1.165, 1.54) is 18.5 Å². The molecule has 0 unspecified atom stereocenters. The molecule has 1 heterocycles. The summed E-state index contributed by atoms with van der Waals surface area (Å²) < 4.78 is 26.8. The lowest BCUT2D eigenvalue weighted by Gasteiger charge is -2.29. The molecule has 0 aliphatic rings. The van der Waals surface area contributed by atoms with Gasteiger partial charge >= 0.3 is 0 Å². The maximum Gasteiger partial charge on any atom is 0.243 e. The van der Waals surface area contributed by atoms with E-state index < -0.39 is 15.4 Å². The fourth-order valence-electron chi connectivity index (χ4n) is 1.67. The maximum atomic E-state index is 12.1. The van der Waals surface area contributed by atoms with E-state index in [2.05, 4.69) is 9.71 Å². The number of hydrogen-bond donors (Lipinski definition) is 2. The second-order valence-electron chi connectivity index (χ2n) is 4.50. The van der Waals surface area contributed by atoms with Gasteiger partial charge < -0.3 is 5.11 Å². The van der Waals surface area contributed by atoms with Crippen molar-refractivity contribution in [1.29, 1.82) is 0 Å². The maximum absolute atomic E-state index is 12.1. The van der Waals surface area contributed by atoms with Gasteiger partial charge in [0.05, 0.1) is 5.02 Å². The first-order chi connectivity index (χ1) is 8.90. The van der Waals surface area contributed by atoms with Gasteiger partial charge in [-0.1, -0.05) is 25.4 Å². The zero-order chi connectivity index (χ0) is 14.5. The largest absolute Gasteiger partial charge is 0.396 e. The van der Waals surface area contributed by atoms with Crippen molar-refractivity contribution in [3.63, 3.8) is 0 Å². The van der Waals surface area contributed by atoms with Crippen molar-refractivity contribution in [2.24, 2.45) is 5.41 Å². The molecule has 0 spiro atoms. The average molecular weight is 307 g/mol. The van der Waals surface area contributed by atoms with Crippen LogP contribution in [0.15, 0.2) is 23.4 Å². The van der Waals surface area contributed by atoms with Crippen molar-refractivity contribution < 1.29 is 13.5 Å². The molecule has 0 saturated carbocycles. The van der Waals surface area contributed by atoms with Crippen LogP contribution in [0.2, 0.25) is 5.02 Å². The van der Waals surface area contributed by atoms with Gasteiger partial charge in [0, 0.05) is 31.0 Å². The Hall–Kier alpha value is -0.690. The Bertz CT molecular complexity index is 507. The molecular weight excluding hydrogens is 288 g/mol. The van der Waals surface area contributed by atoms with Crippen LogP contribution in [-0.2, 0) is 10.0 Å². The van der Waals surface area contributed by atoms with Gasteiger partial charge in [-0.2, -0.15) is 0 Å². The minimum absolute atomic E-state index is 0.0456. The Morgan fingerprint density at radius 2 is 2.05 bits per heavy atom. The summed E-state index contributed by atoms with van der Waals surface area (Å²) in [5.74, 6) is 0. The number of hydrogen-bond acceptors (Lipinski definition) is 4. The molecule has 0 amide bonds. The normalized spacial score (nSPS) is 12.6. The molecular formula is C12H19ClN2O3S. The molecule has 0 aromatic carbocycles. The minimum atomic E-state index is -3.71. The quantitative estimate of drug-likeness (QED) is 0.805. The molecule has 0 saturated heterocycles. The third kappa shape index (κ3) is 3.89. The summed E-state index contributed by atoms with van der Waals surface area (Å²) in [7, 11) is -3.71. The van der Waals surface area contributed by atoms with Crippen molar-refractivity contribution in [2.75, 3.05) is 13.2 Å². The lowest BCUT2D eigenvalue weighted by atomic mass is 9.84. The van der Waals surface area contributed by atoms with Crippen LogP contribution in [0.1, 0.15) is 26.7 Å². The molecule has 1 aromatic rings. The van der Waals surface area contributed by atoms with Gasteiger partial charge in [0.15, 0.2) is 0 Å². The SMILES string of the molecule is CCC(CC)(CO)CNS(=O)(=O)c1cnccc1Cl. The number of rotatable bonds is 7. The number of aromatic nitrogens is 1. The zero-order valence-electron chi connectivity index (χ0n) is 11.1. The number of nitrogens with one attached hydrogen (secondary N) is 1. The van der Waals surface area contributed by atoms with Crippen molar-refractivity contribution >= 4 is 21.6 Å². The molecule has 0 aliphatic carbocycles. The van der Waals surface area contributed by atoms with Gasteiger partial charge in [-0.05, 0) is 18.9 Å². The Balaban J connectivity index is 2.90. The highest BCUT2D eigenvalue weighted by Gasteiger charge is 2.28. The zero-order valence-corrected chi connectivity index (χ0v) is 12.6. The monoisotopic (exact) mass is 306 g/mol. The lowest BCUT2D eigenvalue weighted by molar-refractivity contribution is 0.119. The Kier molecular flexibility index (Phi) is 5.73. The number of aliphatic hydroxyl groups excluding tert-OH is 1. The predicted molar refractivity (Wildman–Crippen MR) is 74.5 cm³/mol. The van der Waals surface area contributed by atoms with E-state index in [4.69, 9.17) is 11.6 Å². The smallest absolute Gasteiger partial charge is 0.243 e. The van der Waals surface area contributed by atoms with Crippen molar-refractivity contribution in [3.05, 3.63) is 23.5 Å². The second-order valence-corrected chi connectivity index (χ2v) is 6.64. The van der Waals surface area contributed by atoms with Gasteiger partial charge in [0.25, 0.3) is 0 Å². The molecule has 0 fully saturated rings. The van der Waals surface area contributed by atoms with E-state index in [0.717, 1.165) is 0 Å². The Morgan fingerprint density at radius 1 is 1.42 bits per heavy atom. The summed E-state index contributed by atoms with van der Waals surface area (Å²) in [6.07, 6.45) is 4.01. The van der Waals surface area contributed by atoms with E-state index in [0.29, 0.717) is 12.8 Å². The third-order valence-electron chi connectivity index (χ3n) is 3.50. The summed E-state index contributed by atoms with van der Waals surface area (Å²) in [4.78, 5) is 3.72. The average Bonchev–Trinajstić information content (AvgIpc) is 2.41. The molecule has 0 atom stereocenters. The van der Waals surface area contributed by atoms with E-state index in [-0.39, 0.29) is 23.1 Å². The Morgan fingerprint density at radius 3 is 2.53 bits per heavy atom. The summed E-state index contributed by atoms with van der Waals surface area (Å²) in [6.45, 7) is 3.95. The lowest BCUT2D eigenvalue weighted by Crippen LogP contribution is -2.39. The van der Waals surface area contributed by atoms with Crippen molar-refractivity contribution in [2.45, 2.75) is 31.6 Å². The van der Waals surface area contributed by atoms with Crippen LogP contribution in [0.25, 0.3) is 0 Å². The molecule has 7 heteroatoms. The number of pyridine rings is 1. The van der Waals surface area contributed by atoms with Crippen molar-refractivity contribution in [1.82, 2.24) is 9.71 Å². The van der Waals surface area contributed by atoms with E-state index in [1.807, 2.05) is 13.8 Å². The number of sulfonamides is 1. The first-order valence-corrected chi connectivity index (χ1v) is 7.97. The molecule has 19 heavy (non-hydrogen) atoms. The molecule has 108 valence electrons. The molecule has 0 bridgehead atoms. The molecule has 2 N–H and O–H groups in total. The Labute approximate surface area is 119 Å². The highest BCUT2D eigenvalue weighted by molar-refractivity contribution is 7.89. The fraction of sp³-hybridized carbons (Fsp3) is 0.583. The summed E-state index contributed by atoms with van der Waals surface area (Å²) in [5, 5.41) is 9.56. The highest BCUT2D eigenvalue weighted by atomic mass is 35.5. The standard InChI is InChI=1S/C12H19ClN2O3S/c1-3-12(4-2,9-16)8-15-19(17,18)11-7-14-6-5-10(11)13/h5-7,15-16H,3-4,8-9H2,1-2H3. The van der Waals surface area contributed by atoms with Crippen LogP contribution in [-0.4, -0.2) is 31.7 Å². The van der Waals surface area contributed by atoms with Gasteiger partial charge in [-0.3, -0.25) is 4.98 Å². The van der Waals surface area contributed by atoms with E-state index >= 15 is 0 Å². The van der Waals surface area contributed by atoms with E-state index in [1.54, 1.807) is 0 Å². The van der Waals surface area contributed by atoms with Gasteiger partial charge in [-0.15, -0.1) is 0 Å². The molecule has 5 nitrogen and oxygen atoms in total. The van der Waals surface area contributed by atoms with Gasteiger partial charge in [0.2, 0.25) is 10.0 Å². The summed E-state index contributed by atoms with van der Waals surface area (Å²) >= 11 is 5.85. The number of halogens is 1. The molecule has 0 radical (unpaired) electrons. The van der Waals surface area contributed by atoms with Crippen LogP contribution >= 0.6 is 11.6 Å². The van der Waals surface area contributed by atoms with Gasteiger partial charge in [0.1, 0.15) is 4.90 Å². The number of aliphatic hydroxyl groups is 1. The first kappa shape index (κ1) is 16.4. The first-order valence-electron chi connectivity index (χ1n) is 6.11. The van der Waals surface area contributed by atoms with Crippen LogP contribution in [0.5, 0.6) is 0 Å². The highest BCUT2D eigenvalue weighted by Crippen LogP contribution is 2.26. The minimum Gasteiger partial charge on any atom is -0.396 e. The summed E-state index contributed by atoms with van der Waals surface area (Å²) in [6, 6.07) is 1.43.